The normalized spacial score (nSPS) is 11.1. The predicted octanol–water partition coefficient (Wildman–Crippen LogP) is 4.73. The quantitative estimate of drug-likeness (QED) is 0.628. The second-order valence-corrected chi connectivity index (χ2v) is 5.92. The summed E-state index contributed by atoms with van der Waals surface area (Å²) in [6, 6.07) is 5.74. The maximum absolute atomic E-state index is 14.4. The molecule has 1 aromatic rings. The van der Waals surface area contributed by atoms with Gasteiger partial charge in [0, 0.05) is 19.1 Å². The van der Waals surface area contributed by atoms with E-state index in [1.807, 2.05) is 12.1 Å². The highest BCUT2D eigenvalue weighted by Gasteiger charge is 2.18. The largest absolute Gasteiger partial charge is 0.366 e. The van der Waals surface area contributed by atoms with E-state index < -0.39 is 0 Å². The zero-order valence-electron chi connectivity index (χ0n) is 14.1. The van der Waals surface area contributed by atoms with E-state index in [1.54, 1.807) is 6.07 Å². The van der Waals surface area contributed by atoms with Crippen molar-refractivity contribution in [3.05, 3.63) is 29.6 Å². The van der Waals surface area contributed by atoms with Crippen LogP contribution < -0.4 is 10.2 Å². The van der Waals surface area contributed by atoms with E-state index in [0.717, 1.165) is 43.7 Å². The van der Waals surface area contributed by atoms with Crippen LogP contribution in [0.1, 0.15) is 58.9 Å². The first kappa shape index (κ1) is 18.0. The van der Waals surface area contributed by atoms with Gasteiger partial charge in [0.15, 0.2) is 0 Å². The van der Waals surface area contributed by atoms with Crippen molar-refractivity contribution in [1.82, 2.24) is 5.32 Å². The molecule has 0 heterocycles. The molecule has 1 aromatic carbocycles. The van der Waals surface area contributed by atoms with Crippen molar-refractivity contribution < 1.29 is 4.39 Å². The van der Waals surface area contributed by atoms with Gasteiger partial charge in [-0.3, -0.25) is 0 Å². The Labute approximate surface area is 129 Å². The fourth-order valence-electron chi connectivity index (χ4n) is 2.58. The van der Waals surface area contributed by atoms with Crippen LogP contribution in [0.3, 0.4) is 0 Å². The molecule has 0 aliphatic heterocycles. The van der Waals surface area contributed by atoms with E-state index in [4.69, 9.17) is 0 Å². The summed E-state index contributed by atoms with van der Waals surface area (Å²) in [4.78, 5) is 2.22. The number of rotatable bonds is 10. The van der Waals surface area contributed by atoms with Crippen molar-refractivity contribution >= 4 is 5.69 Å². The SMILES string of the molecule is CCCCCN(c1c(F)cccc1CNCCC)C(C)C. The van der Waals surface area contributed by atoms with E-state index in [2.05, 4.69) is 37.9 Å². The molecule has 0 saturated heterocycles. The van der Waals surface area contributed by atoms with Crippen LogP contribution in [-0.2, 0) is 6.54 Å². The summed E-state index contributed by atoms with van der Waals surface area (Å²) in [5, 5.41) is 3.39. The minimum absolute atomic E-state index is 0.101. The Morgan fingerprint density at radius 1 is 1.14 bits per heavy atom. The molecule has 0 aromatic heterocycles. The maximum Gasteiger partial charge on any atom is 0.146 e. The predicted molar refractivity (Wildman–Crippen MR) is 90.4 cm³/mol. The lowest BCUT2D eigenvalue weighted by molar-refractivity contribution is 0.575. The highest BCUT2D eigenvalue weighted by molar-refractivity contribution is 5.55. The molecule has 2 nitrogen and oxygen atoms in total. The Balaban J connectivity index is 2.93. The van der Waals surface area contributed by atoms with Gasteiger partial charge in [-0.2, -0.15) is 0 Å². The van der Waals surface area contributed by atoms with Gasteiger partial charge in [0.05, 0.1) is 5.69 Å². The lowest BCUT2D eigenvalue weighted by atomic mass is 10.1. The lowest BCUT2D eigenvalue weighted by Gasteiger charge is -2.31. The number of nitrogens with zero attached hydrogens (tertiary/aromatic N) is 1. The molecule has 0 aliphatic carbocycles. The summed E-state index contributed by atoms with van der Waals surface area (Å²) in [5.74, 6) is -0.101. The minimum Gasteiger partial charge on any atom is -0.366 e. The molecule has 21 heavy (non-hydrogen) atoms. The Hall–Kier alpha value is -1.09. The topological polar surface area (TPSA) is 15.3 Å². The molecular formula is C18H31FN2. The number of hydrogen-bond donors (Lipinski definition) is 1. The van der Waals surface area contributed by atoms with E-state index >= 15 is 0 Å². The lowest BCUT2D eigenvalue weighted by Crippen LogP contribution is -2.34. The van der Waals surface area contributed by atoms with Gasteiger partial charge < -0.3 is 10.2 Å². The Morgan fingerprint density at radius 2 is 1.90 bits per heavy atom. The first-order valence-corrected chi connectivity index (χ1v) is 8.36. The molecule has 3 heteroatoms. The van der Waals surface area contributed by atoms with Gasteiger partial charge in [-0.1, -0.05) is 38.8 Å². The number of para-hydroxylation sites is 1. The average Bonchev–Trinajstić information content (AvgIpc) is 2.45. The molecule has 120 valence electrons. The van der Waals surface area contributed by atoms with Crippen molar-refractivity contribution in [2.75, 3.05) is 18.0 Å². The van der Waals surface area contributed by atoms with Crippen LogP contribution in [0.4, 0.5) is 10.1 Å². The number of anilines is 1. The molecule has 1 rings (SSSR count). The van der Waals surface area contributed by atoms with E-state index in [1.165, 1.54) is 12.8 Å². The molecule has 0 amide bonds. The maximum atomic E-state index is 14.4. The molecule has 0 fully saturated rings. The van der Waals surface area contributed by atoms with Crippen LogP contribution in [-0.4, -0.2) is 19.1 Å². The summed E-state index contributed by atoms with van der Waals surface area (Å²) in [6.07, 6.45) is 4.59. The van der Waals surface area contributed by atoms with Gasteiger partial charge in [-0.05, 0) is 44.9 Å². The van der Waals surface area contributed by atoms with Crippen LogP contribution in [0.15, 0.2) is 18.2 Å². The fraction of sp³-hybridized carbons (Fsp3) is 0.667. The molecule has 0 saturated carbocycles. The van der Waals surface area contributed by atoms with Crippen molar-refractivity contribution in [1.29, 1.82) is 0 Å². The van der Waals surface area contributed by atoms with Gasteiger partial charge in [0.25, 0.3) is 0 Å². The Bertz CT molecular complexity index is 404. The first-order chi connectivity index (χ1) is 10.1. The standard InChI is InChI=1S/C18H31FN2/c1-5-7-8-13-21(15(3)4)18-16(14-20-12-6-2)10-9-11-17(18)19/h9-11,15,20H,5-8,12-14H2,1-4H3. The van der Waals surface area contributed by atoms with Crippen LogP contribution in [0.5, 0.6) is 0 Å². The third-order valence-corrected chi connectivity index (χ3v) is 3.73. The summed E-state index contributed by atoms with van der Waals surface area (Å²) in [6.45, 7) is 11.2. The van der Waals surface area contributed by atoms with Gasteiger partial charge in [-0.15, -0.1) is 0 Å². The van der Waals surface area contributed by atoms with Crippen molar-refractivity contribution in [3.8, 4) is 0 Å². The highest BCUT2D eigenvalue weighted by atomic mass is 19.1. The van der Waals surface area contributed by atoms with Crippen molar-refractivity contribution in [3.63, 3.8) is 0 Å². The average molecular weight is 294 g/mol. The summed E-state index contributed by atoms with van der Waals surface area (Å²) < 4.78 is 14.4. The van der Waals surface area contributed by atoms with Crippen LogP contribution >= 0.6 is 0 Å². The number of hydrogen-bond acceptors (Lipinski definition) is 2. The molecule has 0 atom stereocenters. The molecule has 1 N–H and O–H groups in total. The van der Waals surface area contributed by atoms with E-state index in [9.17, 15) is 4.39 Å². The monoisotopic (exact) mass is 294 g/mol. The number of nitrogens with one attached hydrogen (secondary N) is 1. The minimum atomic E-state index is -0.101. The second kappa shape index (κ2) is 9.78. The van der Waals surface area contributed by atoms with Crippen LogP contribution in [0.2, 0.25) is 0 Å². The molecule has 0 unspecified atom stereocenters. The van der Waals surface area contributed by atoms with E-state index in [0.29, 0.717) is 6.04 Å². The Morgan fingerprint density at radius 3 is 2.52 bits per heavy atom. The van der Waals surface area contributed by atoms with Gasteiger partial charge >= 0.3 is 0 Å². The number of halogens is 1. The molecule has 0 spiro atoms. The second-order valence-electron chi connectivity index (χ2n) is 5.92. The van der Waals surface area contributed by atoms with Crippen molar-refractivity contribution in [2.45, 2.75) is 66.0 Å². The zero-order valence-corrected chi connectivity index (χ0v) is 14.1. The summed E-state index contributed by atoms with van der Waals surface area (Å²) in [5.41, 5.74) is 1.85. The van der Waals surface area contributed by atoms with E-state index in [-0.39, 0.29) is 5.82 Å². The third-order valence-electron chi connectivity index (χ3n) is 3.73. The van der Waals surface area contributed by atoms with Crippen LogP contribution in [0.25, 0.3) is 0 Å². The van der Waals surface area contributed by atoms with Gasteiger partial charge in [0.1, 0.15) is 5.82 Å². The first-order valence-electron chi connectivity index (χ1n) is 8.36. The summed E-state index contributed by atoms with van der Waals surface area (Å²) in [7, 11) is 0. The smallest absolute Gasteiger partial charge is 0.146 e. The van der Waals surface area contributed by atoms with Crippen LogP contribution in [0, 0.1) is 5.82 Å². The van der Waals surface area contributed by atoms with Gasteiger partial charge in [0.2, 0.25) is 0 Å². The van der Waals surface area contributed by atoms with Gasteiger partial charge in [-0.25, -0.2) is 4.39 Å². The molecular weight excluding hydrogens is 263 g/mol. The number of unbranched alkanes of at least 4 members (excludes halogenated alkanes) is 2. The molecule has 0 bridgehead atoms. The molecule has 0 radical (unpaired) electrons. The highest BCUT2D eigenvalue weighted by Crippen LogP contribution is 2.27. The number of benzene rings is 1. The molecule has 0 aliphatic rings. The fourth-order valence-corrected chi connectivity index (χ4v) is 2.58. The summed E-state index contributed by atoms with van der Waals surface area (Å²) >= 11 is 0. The Kier molecular flexibility index (Phi) is 8.36. The zero-order chi connectivity index (χ0) is 15.7. The van der Waals surface area contributed by atoms with Crippen molar-refractivity contribution in [2.24, 2.45) is 0 Å². The third kappa shape index (κ3) is 5.66.